The van der Waals surface area contributed by atoms with Gasteiger partial charge < -0.3 is 13.6 Å². The maximum atomic E-state index is 13.6. The second kappa shape index (κ2) is 11.8. The molecule has 0 aromatic heterocycles. The Morgan fingerprint density at radius 3 is 1.84 bits per heavy atom. The molecule has 0 unspecified atom stereocenters. The van der Waals surface area contributed by atoms with Gasteiger partial charge in [-0.15, -0.1) is 0 Å². The predicted molar refractivity (Wildman–Crippen MR) is 125 cm³/mol. The van der Waals surface area contributed by atoms with Crippen LogP contribution in [0.3, 0.4) is 0 Å². The first-order valence-corrected chi connectivity index (χ1v) is 11.8. The number of para-hydroxylation sites is 2. The smallest absolute Gasteiger partial charge is 0.386 e. The van der Waals surface area contributed by atoms with Crippen LogP contribution in [0.4, 0.5) is 0 Å². The van der Waals surface area contributed by atoms with E-state index >= 15 is 0 Å². The summed E-state index contributed by atoms with van der Waals surface area (Å²) in [6, 6.07) is 28.0. The number of benzene rings is 3. The Hall–Kier alpha value is -3.23. The summed E-state index contributed by atoms with van der Waals surface area (Å²) in [6.07, 6.45) is 8.14. The number of phosphoric acid groups is 1. The van der Waals surface area contributed by atoms with Crippen LogP contribution in [0.2, 0.25) is 0 Å². The summed E-state index contributed by atoms with van der Waals surface area (Å²) in [5, 5.41) is 0. The summed E-state index contributed by atoms with van der Waals surface area (Å²) >= 11 is 0. The molecule has 3 aromatic carbocycles. The lowest BCUT2D eigenvalue weighted by Gasteiger charge is -2.20. The minimum absolute atomic E-state index is 0.408. The van der Waals surface area contributed by atoms with Crippen LogP contribution in [0.15, 0.2) is 115 Å². The Morgan fingerprint density at radius 2 is 1.32 bits per heavy atom. The Bertz CT molecular complexity index is 970. The Kier molecular flexibility index (Phi) is 8.57. The molecule has 3 rings (SSSR count). The molecule has 0 aliphatic heterocycles. The lowest BCUT2D eigenvalue weighted by atomic mass is 10.1. The molecular formula is C26H27O4P. The number of hydrogen-bond donors (Lipinski definition) is 0. The van der Waals surface area contributed by atoms with Gasteiger partial charge in [0.1, 0.15) is 17.3 Å². The minimum atomic E-state index is -3.98. The molecule has 0 heterocycles. The third-order valence-electron chi connectivity index (χ3n) is 4.27. The van der Waals surface area contributed by atoms with Crippen LogP contribution in [-0.2, 0) is 15.5 Å². The molecule has 3 aromatic rings. The summed E-state index contributed by atoms with van der Waals surface area (Å²) < 4.78 is 30.8. The van der Waals surface area contributed by atoms with E-state index in [0.29, 0.717) is 17.3 Å². The second-order valence-corrected chi connectivity index (χ2v) is 8.23. The second-order valence-electron chi connectivity index (χ2n) is 6.79. The average molecular weight is 434 g/mol. The molecule has 0 fully saturated rings. The zero-order valence-electron chi connectivity index (χ0n) is 17.6. The van der Waals surface area contributed by atoms with E-state index in [4.69, 9.17) is 13.6 Å². The predicted octanol–water partition coefficient (Wildman–Crippen LogP) is 7.75. The van der Waals surface area contributed by atoms with E-state index in [9.17, 15) is 4.57 Å². The summed E-state index contributed by atoms with van der Waals surface area (Å²) in [5.74, 6) is 1.27. The van der Waals surface area contributed by atoms with Gasteiger partial charge in [-0.2, -0.15) is 4.57 Å². The molecule has 0 N–H and O–H groups in total. The van der Waals surface area contributed by atoms with Crippen LogP contribution in [0.1, 0.15) is 25.3 Å². The van der Waals surface area contributed by atoms with Gasteiger partial charge in [0.2, 0.25) is 0 Å². The van der Waals surface area contributed by atoms with E-state index in [-0.39, 0.29) is 0 Å². The van der Waals surface area contributed by atoms with E-state index in [2.05, 4.69) is 12.1 Å². The third-order valence-corrected chi connectivity index (χ3v) is 5.57. The first-order chi connectivity index (χ1) is 15.2. The van der Waals surface area contributed by atoms with Crippen molar-refractivity contribution in [2.75, 3.05) is 0 Å². The molecule has 5 heteroatoms. The molecule has 0 aliphatic carbocycles. The van der Waals surface area contributed by atoms with Crippen molar-refractivity contribution in [1.29, 1.82) is 0 Å². The molecule has 31 heavy (non-hydrogen) atoms. The van der Waals surface area contributed by atoms with Gasteiger partial charge in [0.15, 0.2) is 0 Å². The maximum absolute atomic E-state index is 13.6. The number of allylic oxidation sites excluding steroid dienone is 3. The minimum Gasteiger partial charge on any atom is -0.386 e. The number of aryl methyl sites for hydroxylation is 1. The summed E-state index contributed by atoms with van der Waals surface area (Å²) in [7, 11) is -3.98. The lowest BCUT2D eigenvalue weighted by Crippen LogP contribution is -2.04. The first kappa shape index (κ1) is 22.5. The monoisotopic (exact) mass is 434 g/mol. The number of rotatable bonds is 11. The summed E-state index contributed by atoms with van der Waals surface area (Å²) in [5.41, 5.74) is 1.26. The van der Waals surface area contributed by atoms with E-state index in [0.717, 1.165) is 19.3 Å². The van der Waals surface area contributed by atoms with Crippen LogP contribution in [0.5, 0.6) is 11.5 Å². The maximum Gasteiger partial charge on any atom is 0.647 e. The molecule has 0 spiro atoms. The molecule has 4 nitrogen and oxygen atoms in total. The average Bonchev–Trinajstić information content (AvgIpc) is 2.78. The third kappa shape index (κ3) is 7.84. The van der Waals surface area contributed by atoms with Crippen LogP contribution >= 0.6 is 7.82 Å². The topological polar surface area (TPSA) is 44.8 Å². The highest BCUT2D eigenvalue weighted by atomic mass is 31.2. The van der Waals surface area contributed by atoms with Gasteiger partial charge in [-0.1, -0.05) is 79.7 Å². The fourth-order valence-corrected chi connectivity index (χ4v) is 4.10. The van der Waals surface area contributed by atoms with Gasteiger partial charge in [-0.3, -0.25) is 0 Å². The standard InChI is InChI=1S/C26H27O4P/c1-2-14-24(22-13-12-17-23-15-6-3-7-16-23)28-31(27,29-25-18-8-4-9-19-25)30-26-20-10-5-11-21-26/h3-11,13-16,18-22H,2,12,17H2,1H3/b22-13+,24-14+. The molecule has 0 amide bonds. The van der Waals surface area contributed by atoms with Gasteiger partial charge in [0, 0.05) is 0 Å². The van der Waals surface area contributed by atoms with Crippen molar-refractivity contribution in [3.63, 3.8) is 0 Å². The lowest BCUT2D eigenvalue weighted by molar-refractivity contribution is 0.262. The van der Waals surface area contributed by atoms with E-state index in [1.165, 1.54) is 5.56 Å². The largest absolute Gasteiger partial charge is 0.647 e. The summed E-state index contributed by atoms with van der Waals surface area (Å²) in [4.78, 5) is 0. The SMILES string of the molecule is CC/C=C(\C=C\CCc1ccccc1)OP(=O)(Oc1ccccc1)Oc1ccccc1. The molecule has 0 atom stereocenters. The Morgan fingerprint density at radius 1 is 0.806 bits per heavy atom. The molecule has 0 bridgehead atoms. The normalized spacial score (nSPS) is 12.0. The van der Waals surface area contributed by atoms with Crippen molar-refractivity contribution < 1.29 is 18.1 Å². The van der Waals surface area contributed by atoms with Crippen molar-refractivity contribution >= 4 is 7.82 Å². The van der Waals surface area contributed by atoms with E-state index < -0.39 is 7.82 Å². The number of hydrogen-bond acceptors (Lipinski definition) is 4. The fourth-order valence-electron chi connectivity index (χ4n) is 2.84. The Labute approximate surface area is 184 Å². The van der Waals surface area contributed by atoms with Crippen LogP contribution in [0, 0.1) is 0 Å². The zero-order chi connectivity index (χ0) is 21.8. The van der Waals surface area contributed by atoms with Crippen molar-refractivity contribution in [3.05, 3.63) is 121 Å². The molecule has 0 saturated heterocycles. The van der Waals surface area contributed by atoms with E-state index in [1.807, 2.05) is 55.5 Å². The van der Waals surface area contributed by atoms with Gasteiger partial charge in [0.05, 0.1) is 0 Å². The van der Waals surface area contributed by atoms with Crippen molar-refractivity contribution in [2.24, 2.45) is 0 Å². The highest BCUT2D eigenvalue weighted by molar-refractivity contribution is 7.49. The van der Waals surface area contributed by atoms with Crippen LogP contribution < -0.4 is 9.05 Å². The molecule has 0 radical (unpaired) electrons. The number of phosphoric ester groups is 1. The van der Waals surface area contributed by atoms with Gasteiger partial charge in [0.25, 0.3) is 0 Å². The Balaban J connectivity index is 1.73. The van der Waals surface area contributed by atoms with Crippen molar-refractivity contribution in [2.45, 2.75) is 26.2 Å². The van der Waals surface area contributed by atoms with Crippen molar-refractivity contribution in [3.8, 4) is 11.5 Å². The quantitative estimate of drug-likeness (QED) is 0.176. The van der Waals surface area contributed by atoms with Gasteiger partial charge >= 0.3 is 7.82 Å². The van der Waals surface area contributed by atoms with E-state index in [1.54, 1.807) is 48.5 Å². The highest BCUT2D eigenvalue weighted by Gasteiger charge is 2.33. The first-order valence-electron chi connectivity index (χ1n) is 10.4. The highest BCUT2D eigenvalue weighted by Crippen LogP contribution is 2.51. The fraction of sp³-hybridized carbons (Fsp3) is 0.154. The molecular weight excluding hydrogens is 407 g/mol. The molecule has 0 aliphatic rings. The van der Waals surface area contributed by atoms with Crippen LogP contribution in [0.25, 0.3) is 0 Å². The molecule has 160 valence electrons. The van der Waals surface area contributed by atoms with Gasteiger partial charge in [-0.05, 0) is 61.2 Å². The summed E-state index contributed by atoms with van der Waals surface area (Å²) in [6.45, 7) is 1.99. The zero-order valence-corrected chi connectivity index (χ0v) is 18.5. The van der Waals surface area contributed by atoms with Gasteiger partial charge in [-0.25, -0.2) is 0 Å². The van der Waals surface area contributed by atoms with Crippen LogP contribution in [-0.4, -0.2) is 0 Å². The van der Waals surface area contributed by atoms with Crippen molar-refractivity contribution in [1.82, 2.24) is 0 Å². The molecule has 0 saturated carbocycles.